The molecule has 0 spiro atoms. The fourth-order valence-corrected chi connectivity index (χ4v) is 4.26. The SMILES string of the molecule is O=C(CN1CCCC(C(=O)O)C1)NC(c1ccc(F)cc1)C1CCCC1. The fourth-order valence-electron chi connectivity index (χ4n) is 4.26. The molecule has 0 radical (unpaired) electrons. The van der Waals surface area contributed by atoms with E-state index in [4.69, 9.17) is 0 Å². The molecule has 2 N–H and O–H groups in total. The van der Waals surface area contributed by atoms with E-state index in [1.165, 1.54) is 12.1 Å². The maximum absolute atomic E-state index is 13.3. The number of rotatable bonds is 6. The molecule has 1 amide bonds. The molecule has 1 heterocycles. The molecule has 2 aliphatic rings. The van der Waals surface area contributed by atoms with Gasteiger partial charge in [-0.2, -0.15) is 0 Å². The van der Waals surface area contributed by atoms with Gasteiger partial charge in [0.2, 0.25) is 5.91 Å². The monoisotopic (exact) mass is 362 g/mol. The number of halogens is 1. The normalized spacial score (nSPS) is 22.9. The highest BCUT2D eigenvalue weighted by molar-refractivity contribution is 5.78. The molecule has 1 aliphatic heterocycles. The molecule has 1 aliphatic carbocycles. The maximum atomic E-state index is 13.3. The molecule has 2 unspecified atom stereocenters. The number of benzene rings is 1. The van der Waals surface area contributed by atoms with Crippen molar-refractivity contribution >= 4 is 11.9 Å². The van der Waals surface area contributed by atoms with Gasteiger partial charge in [0.1, 0.15) is 5.82 Å². The van der Waals surface area contributed by atoms with Crippen molar-refractivity contribution in [2.75, 3.05) is 19.6 Å². The van der Waals surface area contributed by atoms with Gasteiger partial charge in [-0.25, -0.2) is 4.39 Å². The number of hydrogen-bond donors (Lipinski definition) is 2. The Morgan fingerprint density at radius 2 is 1.85 bits per heavy atom. The number of nitrogens with zero attached hydrogens (tertiary/aromatic N) is 1. The van der Waals surface area contributed by atoms with Crippen LogP contribution in [-0.4, -0.2) is 41.5 Å². The molecule has 2 atom stereocenters. The molecule has 0 bridgehead atoms. The van der Waals surface area contributed by atoms with Crippen molar-refractivity contribution in [2.24, 2.45) is 11.8 Å². The van der Waals surface area contributed by atoms with E-state index < -0.39 is 5.97 Å². The second-order valence-electron chi connectivity index (χ2n) is 7.55. The molecule has 142 valence electrons. The molecule has 2 fully saturated rings. The molecule has 1 saturated carbocycles. The summed E-state index contributed by atoms with van der Waals surface area (Å²) >= 11 is 0. The van der Waals surface area contributed by atoms with E-state index in [-0.39, 0.29) is 30.2 Å². The Labute approximate surface area is 153 Å². The third-order valence-corrected chi connectivity index (χ3v) is 5.64. The van der Waals surface area contributed by atoms with Crippen molar-refractivity contribution in [3.05, 3.63) is 35.6 Å². The number of amides is 1. The summed E-state index contributed by atoms with van der Waals surface area (Å²) < 4.78 is 13.3. The summed E-state index contributed by atoms with van der Waals surface area (Å²) in [5.41, 5.74) is 0.939. The lowest BCUT2D eigenvalue weighted by atomic mass is 9.91. The van der Waals surface area contributed by atoms with Gasteiger partial charge in [-0.1, -0.05) is 25.0 Å². The first-order valence-corrected chi connectivity index (χ1v) is 9.53. The van der Waals surface area contributed by atoms with Gasteiger partial charge in [-0.05, 0) is 55.8 Å². The van der Waals surface area contributed by atoms with Crippen molar-refractivity contribution < 1.29 is 19.1 Å². The molecule has 1 aromatic rings. The Bertz CT molecular complexity index is 628. The number of carboxylic acids is 1. The molecule has 1 aromatic carbocycles. The van der Waals surface area contributed by atoms with Crippen LogP contribution < -0.4 is 5.32 Å². The quantitative estimate of drug-likeness (QED) is 0.816. The summed E-state index contributed by atoms with van der Waals surface area (Å²) in [5, 5.41) is 12.3. The van der Waals surface area contributed by atoms with Crippen molar-refractivity contribution in [1.29, 1.82) is 0 Å². The van der Waals surface area contributed by atoms with Crippen molar-refractivity contribution in [2.45, 2.75) is 44.6 Å². The number of likely N-dealkylation sites (tertiary alicyclic amines) is 1. The lowest BCUT2D eigenvalue weighted by Gasteiger charge is -2.31. The minimum absolute atomic E-state index is 0.0859. The standard InChI is InChI=1S/C20H27FN2O3/c21-17-9-7-15(8-10-17)19(14-4-1-2-5-14)22-18(24)13-23-11-3-6-16(12-23)20(25)26/h7-10,14,16,19H,1-6,11-13H2,(H,22,24)(H,25,26). The van der Waals surface area contributed by atoms with Gasteiger partial charge in [0, 0.05) is 6.54 Å². The van der Waals surface area contributed by atoms with Crippen LogP contribution in [0.25, 0.3) is 0 Å². The first kappa shape index (κ1) is 18.8. The van der Waals surface area contributed by atoms with Gasteiger partial charge in [0.25, 0.3) is 0 Å². The highest BCUT2D eigenvalue weighted by Crippen LogP contribution is 2.35. The second-order valence-corrected chi connectivity index (χ2v) is 7.55. The molecule has 1 saturated heterocycles. The number of carbonyl (C=O) groups excluding carboxylic acids is 1. The van der Waals surface area contributed by atoms with Crippen LogP contribution in [0, 0.1) is 17.7 Å². The lowest BCUT2D eigenvalue weighted by Crippen LogP contribution is -2.45. The lowest BCUT2D eigenvalue weighted by molar-refractivity contribution is -0.144. The average molecular weight is 362 g/mol. The first-order valence-electron chi connectivity index (χ1n) is 9.53. The zero-order valence-corrected chi connectivity index (χ0v) is 15.0. The van der Waals surface area contributed by atoms with Crippen LogP contribution in [0.1, 0.15) is 50.1 Å². The van der Waals surface area contributed by atoms with E-state index in [2.05, 4.69) is 5.32 Å². The second kappa shape index (κ2) is 8.62. The zero-order valence-electron chi connectivity index (χ0n) is 15.0. The van der Waals surface area contributed by atoms with Crippen LogP contribution in [0.4, 0.5) is 4.39 Å². The summed E-state index contributed by atoms with van der Waals surface area (Å²) in [7, 11) is 0. The van der Waals surface area contributed by atoms with E-state index in [0.717, 1.165) is 44.2 Å². The zero-order chi connectivity index (χ0) is 18.5. The molecular weight excluding hydrogens is 335 g/mol. The Morgan fingerprint density at radius 3 is 2.50 bits per heavy atom. The smallest absolute Gasteiger partial charge is 0.307 e. The van der Waals surface area contributed by atoms with Gasteiger partial charge in [-0.3, -0.25) is 14.5 Å². The average Bonchev–Trinajstić information content (AvgIpc) is 3.15. The van der Waals surface area contributed by atoms with Crippen LogP contribution in [0.3, 0.4) is 0 Å². The third kappa shape index (κ3) is 4.81. The van der Waals surface area contributed by atoms with Crippen molar-refractivity contribution in [3.63, 3.8) is 0 Å². The fraction of sp³-hybridized carbons (Fsp3) is 0.600. The molecular formula is C20H27FN2O3. The number of carbonyl (C=O) groups is 2. The summed E-state index contributed by atoms with van der Waals surface area (Å²) in [6.07, 6.45) is 5.91. The number of hydrogen-bond acceptors (Lipinski definition) is 3. The van der Waals surface area contributed by atoms with Crippen LogP contribution in [0.2, 0.25) is 0 Å². The molecule has 5 nitrogen and oxygen atoms in total. The van der Waals surface area contributed by atoms with Crippen LogP contribution in [0.15, 0.2) is 24.3 Å². The summed E-state index contributed by atoms with van der Waals surface area (Å²) in [6, 6.07) is 6.27. The maximum Gasteiger partial charge on any atom is 0.307 e. The minimum atomic E-state index is -0.787. The van der Waals surface area contributed by atoms with Gasteiger partial charge >= 0.3 is 5.97 Å². The minimum Gasteiger partial charge on any atom is -0.481 e. The Morgan fingerprint density at radius 1 is 1.15 bits per heavy atom. The van der Waals surface area contributed by atoms with Crippen molar-refractivity contribution in [1.82, 2.24) is 10.2 Å². The molecule has 26 heavy (non-hydrogen) atoms. The summed E-state index contributed by atoms with van der Waals surface area (Å²) in [4.78, 5) is 25.7. The largest absolute Gasteiger partial charge is 0.481 e. The number of aliphatic carboxylic acids is 1. The first-order chi connectivity index (χ1) is 12.5. The van der Waals surface area contributed by atoms with Crippen LogP contribution in [0.5, 0.6) is 0 Å². The highest BCUT2D eigenvalue weighted by Gasteiger charge is 2.30. The number of carboxylic acid groups (broad SMARTS) is 1. The van der Waals surface area contributed by atoms with E-state index in [0.29, 0.717) is 18.9 Å². The van der Waals surface area contributed by atoms with E-state index in [1.807, 2.05) is 4.90 Å². The highest BCUT2D eigenvalue weighted by atomic mass is 19.1. The van der Waals surface area contributed by atoms with E-state index in [1.54, 1.807) is 12.1 Å². The number of piperidine rings is 1. The van der Waals surface area contributed by atoms with Gasteiger partial charge in [0.15, 0.2) is 0 Å². The van der Waals surface area contributed by atoms with Gasteiger partial charge in [-0.15, -0.1) is 0 Å². The topological polar surface area (TPSA) is 69.6 Å². The summed E-state index contributed by atoms with van der Waals surface area (Å²) in [6.45, 7) is 1.39. The molecule has 3 rings (SSSR count). The van der Waals surface area contributed by atoms with Crippen LogP contribution >= 0.6 is 0 Å². The Hall–Kier alpha value is -1.95. The Balaban J connectivity index is 1.63. The van der Waals surface area contributed by atoms with Crippen LogP contribution in [-0.2, 0) is 9.59 Å². The van der Waals surface area contributed by atoms with Gasteiger partial charge < -0.3 is 10.4 Å². The van der Waals surface area contributed by atoms with E-state index in [9.17, 15) is 19.1 Å². The predicted molar refractivity (Wildman–Crippen MR) is 96.0 cm³/mol. The van der Waals surface area contributed by atoms with Crippen molar-refractivity contribution in [3.8, 4) is 0 Å². The molecule has 0 aromatic heterocycles. The predicted octanol–water partition coefficient (Wildman–Crippen LogP) is 2.97. The third-order valence-electron chi connectivity index (χ3n) is 5.64. The Kier molecular flexibility index (Phi) is 6.25. The van der Waals surface area contributed by atoms with Gasteiger partial charge in [0.05, 0.1) is 18.5 Å². The number of nitrogens with one attached hydrogen (secondary N) is 1. The summed E-state index contributed by atoms with van der Waals surface area (Å²) in [5.74, 6) is -1.17. The molecule has 6 heteroatoms. The van der Waals surface area contributed by atoms with E-state index >= 15 is 0 Å².